The maximum Gasteiger partial charge on any atom is 0.302 e. The van der Waals surface area contributed by atoms with E-state index in [0.29, 0.717) is 19.3 Å². The topological polar surface area (TPSA) is 96.4 Å². The molecule has 4 fully saturated rings. The maximum atomic E-state index is 12.7. The average Bonchev–Trinajstić information content (AvgIpc) is 3.25. The molecule has 0 aromatic carbocycles. The van der Waals surface area contributed by atoms with Crippen molar-refractivity contribution in [2.75, 3.05) is 0 Å². The first-order valence-corrected chi connectivity index (χ1v) is 14.1. The van der Waals surface area contributed by atoms with Crippen molar-refractivity contribution in [3.8, 4) is 0 Å². The van der Waals surface area contributed by atoms with Crippen LogP contribution in [0.1, 0.15) is 99.8 Å². The van der Waals surface area contributed by atoms with Crippen LogP contribution in [0, 0.1) is 34.0 Å². The van der Waals surface area contributed by atoms with Gasteiger partial charge in [0, 0.05) is 13.3 Å². The van der Waals surface area contributed by atoms with Crippen molar-refractivity contribution in [3.05, 3.63) is 11.1 Å². The summed E-state index contributed by atoms with van der Waals surface area (Å²) in [4.78, 5) is 24.5. The standard InChI is InChI=1S/C30H46O6/c1-16(12-24(35-17(2)31)26-27(3,4)36-26)19-9-11-29(6)20(19)14-22(33)25-28(5)15-23(34)21(32)13-18(28)8-10-30(25,29)7/h16,18,21-22,24-26,32-33H,8-15H2,1-7H3/t16-,18+,21+,22?,24+,25?,26-,28+,29+,30+/m1/s1. The van der Waals surface area contributed by atoms with E-state index in [1.165, 1.54) is 18.1 Å². The second-order valence-corrected chi connectivity index (χ2v) is 14.1. The number of rotatable bonds is 5. The van der Waals surface area contributed by atoms with Crippen molar-refractivity contribution in [2.45, 2.75) is 130 Å². The monoisotopic (exact) mass is 502 g/mol. The third kappa shape index (κ3) is 3.76. The Balaban J connectivity index is 1.45. The van der Waals surface area contributed by atoms with Gasteiger partial charge in [0.05, 0.1) is 11.7 Å². The summed E-state index contributed by atoms with van der Waals surface area (Å²) in [7, 11) is 0. The van der Waals surface area contributed by atoms with Gasteiger partial charge in [0.2, 0.25) is 0 Å². The lowest BCUT2D eigenvalue weighted by Crippen LogP contribution is -2.64. The third-order valence-electron chi connectivity index (χ3n) is 11.7. The fourth-order valence-corrected chi connectivity index (χ4v) is 9.61. The quantitative estimate of drug-likeness (QED) is 0.320. The second-order valence-electron chi connectivity index (χ2n) is 14.1. The molecule has 0 radical (unpaired) electrons. The molecule has 2 N–H and O–H groups in total. The van der Waals surface area contributed by atoms with Crippen LogP contribution in [0.15, 0.2) is 11.1 Å². The minimum atomic E-state index is -0.844. The van der Waals surface area contributed by atoms with Gasteiger partial charge in [-0.05, 0) is 92.8 Å². The van der Waals surface area contributed by atoms with Gasteiger partial charge in [0.1, 0.15) is 18.3 Å². The number of fused-ring (bicyclic) bond motifs is 5. The zero-order valence-corrected chi connectivity index (χ0v) is 23.2. The molecule has 0 aromatic rings. The van der Waals surface area contributed by atoms with Crippen molar-refractivity contribution < 1.29 is 29.3 Å². The van der Waals surface area contributed by atoms with Gasteiger partial charge in [-0.2, -0.15) is 0 Å². The lowest BCUT2D eigenvalue weighted by molar-refractivity contribution is -0.196. The van der Waals surface area contributed by atoms with E-state index in [2.05, 4.69) is 27.7 Å². The molecule has 10 atom stereocenters. The van der Waals surface area contributed by atoms with E-state index in [0.717, 1.165) is 32.1 Å². The highest BCUT2D eigenvalue weighted by Gasteiger charge is 2.67. The molecular formula is C30H46O6. The fourth-order valence-electron chi connectivity index (χ4n) is 9.61. The summed E-state index contributed by atoms with van der Waals surface area (Å²) < 4.78 is 11.6. The first-order chi connectivity index (χ1) is 16.6. The first kappa shape index (κ1) is 26.4. The van der Waals surface area contributed by atoms with Gasteiger partial charge in [-0.1, -0.05) is 38.8 Å². The second kappa shape index (κ2) is 8.38. The number of Topliss-reactive ketones (excluding diaryl/α,β-unsaturated/α-hetero) is 1. The Morgan fingerprint density at radius 1 is 1.17 bits per heavy atom. The van der Waals surface area contributed by atoms with Gasteiger partial charge in [0.25, 0.3) is 0 Å². The molecule has 2 unspecified atom stereocenters. The molecule has 1 heterocycles. The first-order valence-electron chi connectivity index (χ1n) is 14.1. The van der Waals surface area contributed by atoms with Crippen LogP contribution in [0.4, 0.5) is 0 Å². The number of ether oxygens (including phenoxy) is 2. The van der Waals surface area contributed by atoms with Crippen LogP contribution in [-0.2, 0) is 19.1 Å². The molecule has 6 heteroatoms. The molecule has 6 nitrogen and oxygen atoms in total. The van der Waals surface area contributed by atoms with E-state index in [1.54, 1.807) is 0 Å². The van der Waals surface area contributed by atoms with Crippen molar-refractivity contribution in [3.63, 3.8) is 0 Å². The van der Waals surface area contributed by atoms with E-state index in [9.17, 15) is 19.8 Å². The number of aliphatic hydroxyl groups excluding tert-OH is 2. The van der Waals surface area contributed by atoms with Crippen LogP contribution in [-0.4, -0.2) is 52.0 Å². The van der Waals surface area contributed by atoms with E-state index in [1.807, 2.05) is 13.8 Å². The van der Waals surface area contributed by atoms with E-state index in [4.69, 9.17) is 9.47 Å². The molecule has 4 aliphatic carbocycles. The summed E-state index contributed by atoms with van der Waals surface area (Å²) in [5, 5.41) is 22.1. The summed E-state index contributed by atoms with van der Waals surface area (Å²) in [6, 6.07) is 0. The Morgan fingerprint density at radius 3 is 2.44 bits per heavy atom. The van der Waals surface area contributed by atoms with Gasteiger partial charge >= 0.3 is 5.97 Å². The molecule has 0 spiro atoms. The van der Waals surface area contributed by atoms with Crippen LogP contribution >= 0.6 is 0 Å². The van der Waals surface area contributed by atoms with Crippen LogP contribution in [0.25, 0.3) is 0 Å². The fraction of sp³-hybridized carbons (Fsp3) is 0.867. The minimum absolute atomic E-state index is 0.0279. The van der Waals surface area contributed by atoms with Gasteiger partial charge in [-0.3, -0.25) is 9.59 Å². The molecule has 1 saturated heterocycles. The molecule has 3 saturated carbocycles. The van der Waals surface area contributed by atoms with Crippen LogP contribution in [0.3, 0.4) is 0 Å². The van der Waals surface area contributed by atoms with Crippen molar-refractivity contribution >= 4 is 11.8 Å². The number of aliphatic hydroxyl groups is 2. The third-order valence-corrected chi connectivity index (χ3v) is 11.7. The van der Waals surface area contributed by atoms with Crippen LogP contribution in [0.2, 0.25) is 0 Å². The molecule has 1 aliphatic heterocycles. The highest BCUT2D eigenvalue weighted by atomic mass is 16.6. The number of hydrogen-bond acceptors (Lipinski definition) is 6. The van der Waals surface area contributed by atoms with Gasteiger partial charge < -0.3 is 19.7 Å². The zero-order chi connectivity index (χ0) is 26.4. The lowest BCUT2D eigenvalue weighted by atomic mass is 9.38. The predicted octanol–water partition coefficient (Wildman–Crippen LogP) is 4.75. The number of hydrogen-bond donors (Lipinski definition) is 2. The SMILES string of the molecule is CC(=O)O[C@@H](C[C@@H](C)C1=C2CC(O)C3[C@](C)(CC[C@H]4C[C@H](O)C(=O)C[C@]34C)[C@@]2(C)CC1)[C@H]1OC1(C)C. The Bertz CT molecular complexity index is 984. The summed E-state index contributed by atoms with van der Waals surface area (Å²) in [6.07, 6.45) is 4.67. The van der Waals surface area contributed by atoms with E-state index < -0.39 is 12.2 Å². The number of epoxide rings is 1. The van der Waals surface area contributed by atoms with Gasteiger partial charge in [-0.15, -0.1) is 0 Å². The molecular weight excluding hydrogens is 456 g/mol. The smallest absolute Gasteiger partial charge is 0.302 e. The molecule has 36 heavy (non-hydrogen) atoms. The van der Waals surface area contributed by atoms with Crippen LogP contribution < -0.4 is 0 Å². The van der Waals surface area contributed by atoms with E-state index >= 15 is 0 Å². The van der Waals surface area contributed by atoms with Crippen molar-refractivity contribution in [1.29, 1.82) is 0 Å². The van der Waals surface area contributed by atoms with E-state index in [-0.39, 0.29) is 63.6 Å². The average molecular weight is 503 g/mol. The molecule has 202 valence electrons. The number of allylic oxidation sites excluding steroid dienone is 1. The molecule has 0 amide bonds. The molecule has 0 aromatic heterocycles. The number of ketones is 1. The van der Waals surface area contributed by atoms with Crippen LogP contribution in [0.5, 0.6) is 0 Å². The Hall–Kier alpha value is -1.24. The minimum Gasteiger partial charge on any atom is -0.460 e. The Kier molecular flexibility index (Phi) is 6.14. The highest BCUT2D eigenvalue weighted by molar-refractivity contribution is 5.84. The molecule has 0 bridgehead atoms. The Morgan fingerprint density at radius 2 is 1.83 bits per heavy atom. The van der Waals surface area contributed by atoms with Crippen molar-refractivity contribution in [2.24, 2.45) is 34.0 Å². The lowest BCUT2D eigenvalue weighted by Gasteiger charge is -2.67. The number of carbonyl (C=O) groups excluding carboxylic acids is 2. The van der Waals surface area contributed by atoms with Crippen molar-refractivity contribution in [1.82, 2.24) is 0 Å². The molecule has 5 aliphatic rings. The summed E-state index contributed by atoms with van der Waals surface area (Å²) in [5.74, 6) is 0.223. The Labute approximate surface area is 216 Å². The number of carbonyl (C=O) groups is 2. The molecule has 5 rings (SSSR count). The van der Waals surface area contributed by atoms with Gasteiger partial charge in [-0.25, -0.2) is 0 Å². The van der Waals surface area contributed by atoms with Gasteiger partial charge in [0.15, 0.2) is 5.78 Å². The normalized spacial score (nSPS) is 46.9. The highest BCUT2D eigenvalue weighted by Crippen LogP contribution is 2.72. The number of esters is 1. The summed E-state index contributed by atoms with van der Waals surface area (Å²) >= 11 is 0. The largest absolute Gasteiger partial charge is 0.460 e. The zero-order valence-electron chi connectivity index (χ0n) is 23.2. The summed E-state index contributed by atoms with van der Waals surface area (Å²) in [5.41, 5.74) is 2.16. The summed E-state index contributed by atoms with van der Waals surface area (Å²) in [6.45, 7) is 14.8. The predicted molar refractivity (Wildman–Crippen MR) is 136 cm³/mol. The maximum absolute atomic E-state index is 12.7.